The Morgan fingerprint density at radius 2 is 1.84 bits per heavy atom. The van der Waals surface area contributed by atoms with E-state index in [0.717, 1.165) is 24.3 Å². The summed E-state index contributed by atoms with van der Waals surface area (Å²) in [6.07, 6.45) is 0. The molecule has 1 aromatic heterocycles. The highest BCUT2D eigenvalue weighted by Crippen LogP contribution is 2.40. The predicted octanol–water partition coefficient (Wildman–Crippen LogP) is 4.87. The molecule has 0 bridgehead atoms. The number of anilines is 2. The van der Waals surface area contributed by atoms with Crippen LogP contribution in [0.15, 0.2) is 53.7 Å². The molecule has 3 aromatic rings. The summed E-state index contributed by atoms with van der Waals surface area (Å²) < 4.78 is 1.64. The van der Waals surface area contributed by atoms with Crippen LogP contribution in [-0.2, 0) is 4.79 Å². The Morgan fingerprint density at radius 3 is 2.47 bits per heavy atom. The van der Waals surface area contributed by atoms with Crippen molar-refractivity contribution in [3.8, 4) is 11.4 Å². The van der Waals surface area contributed by atoms with Crippen LogP contribution in [0.1, 0.15) is 32.4 Å². The molecular formula is C23H24Cl2N6O. The average molecular weight is 471 g/mol. The molecular weight excluding hydrogens is 447 g/mol. The number of hydrogen-bond donors (Lipinski definition) is 2. The zero-order valence-electron chi connectivity index (χ0n) is 18.1. The predicted molar refractivity (Wildman–Crippen MR) is 129 cm³/mol. The standard InChI is InChI=1S/C23H24Cl2N6O/c1-4-30(5-2)15-11-9-14(10-12-15)22-28-23-27-13(3)18(21(26)32)20(31(23)29-22)16-7-6-8-17(24)19(16)25/h6-12,20H,4-5H2,1-3H3,(H2,26,32)(H,27,28,29). The van der Waals surface area contributed by atoms with E-state index in [1.54, 1.807) is 23.7 Å². The molecule has 0 fully saturated rings. The summed E-state index contributed by atoms with van der Waals surface area (Å²) in [5, 5.41) is 8.60. The zero-order chi connectivity index (χ0) is 23.0. The van der Waals surface area contributed by atoms with Gasteiger partial charge < -0.3 is 16.0 Å². The van der Waals surface area contributed by atoms with E-state index in [4.69, 9.17) is 34.0 Å². The summed E-state index contributed by atoms with van der Waals surface area (Å²) in [6, 6.07) is 12.7. The maximum absolute atomic E-state index is 12.4. The largest absolute Gasteiger partial charge is 0.372 e. The molecule has 1 atom stereocenters. The maximum Gasteiger partial charge on any atom is 0.248 e. The number of rotatable bonds is 6. The second kappa shape index (κ2) is 8.84. The van der Waals surface area contributed by atoms with Crippen molar-refractivity contribution in [3.63, 3.8) is 0 Å². The molecule has 3 N–H and O–H groups in total. The molecule has 0 saturated heterocycles. The third kappa shape index (κ3) is 3.82. The van der Waals surface area contributed by atoms with Crippen LogP contribution < -0.4 is 16.0 Å². The lowest BCUT2D eigenvalue weighted by Crippen LogP contribution is -2.32. The fraction of sp³-hybridized carbons (Fsp3) is 0.261. The molecule has 1 aliphatic rings. The average Bonchev–Trinajstić information content (AvgIpc) is 3.19. The quantitative estimate of drug-likeness (QED) is 0.536. The molecule has 1 aliphatic heterocycles. The molecule has 2 heterocycles. The van der Waals surface area contributed by atoms with Crippen LogP contribution in [0.5, 0.6) is 0 Å². The minimum Gasteiger partial charge on any atom is -0.372 e. The molecule has 4 rings (SSSR count). The van der Waals surface area contributed by atoms with Crippen LogP contribution >= 0.6 is 23.2 Å². The van der Waals surface area contributed by atoms with Crippen LogP contribution in [-0.4, -0.2) is 33.8 Å². The molecule has 9 heteroatoms. The van der Waals surface area contributed by atoms with Gasteiger partial charge in [0.15, 0.2) is 5.82 Å². The molecule has 32 heavy (non-hydrogen) atoms. The van der Waals surface area contributed by atoms with Crippen LogP contribution in [0.4, 0.5) is 11.6 Å². The van der Waals surface area contributed by atoms with Gasteiger partial charge in [0.05, 0.1) is 15.6 Å². The first-order valence-electron chi connectivity index (χ1n) is 10.4. The van der Waals surface area contributed by atoms with Crippen molar-refractivity contribution < 1.29 is 4.79 Å². The van der Waals surface area contributed by atoms with Crippen molar-refractivity contribution in [2.24, 2.45) is 5.73 Å². The number of halogens is 2. The van der Waals surface area contributed by atoms with Gasteiger partial charge in [-0.3, -0.25) is 4.79 Å². The second-order valence-electron chi connectivity index (χ2n) is 7.50. The number of amides is 1. The number of fused-ring (bicyclic) bond motifs is 1. The van der Waals surface area contributed by atoms with Gasteiger partial charge in [-0.25, -0.2) is 4.68 Å². The molecule has 2 aromatic carbocycles. The lowest BCUT2D eigenvalue weighted by molar-refractivity contribution is -0.115. The first-order valence-corrected chi connectivity index (χ1v) is 11.1. The highest BCUT2D eigenvalue weighted by molar-refractivity contribution is 6.42. The molecule has 1 amide bonds. The summed E-state index contributed by atoms with van der Waals surface area (Å²) in [7, 11) is 0. The van der Waals surface area contributed by atoms with E-state index in [1.807, 2.05) is 18.2 Å². The van der Waals surface area contributed by atoms with E-state index in [1.165, 1.54) is 0 Å². The number of carbonyl (C=O) groups excluding carboxylic acids is 1. The fourth-order valence-electron chi connectivity index (χ4n) is 4.02. The van der Waals surface area contributed by atoms with Crippen LogP contribution in [0.3, 0.4) is 0 Å². The van der Waals surface area contributed by atoms with E-state index in [9.17, 15) is 4.79 Å². The highest BCUT2D eigenvalue weighted by atomic mass is 35.5. The van der Waals surface area contributed by atoms with Crippen LogP contribution in [0.25, 0.3) is 11.4 Å². The monoisotopic (exact) mass is 470 g/mol. The second-order valence-corrected chi connectivity index (χ2v) is 8.28. The Bertz CT molecular complexity index is 1200. The SMILES string of the molecule is CCN(CC)c1ccc(-c2nc3n(n2)C(c2cccc(Cl)c2Cl)C(C(N)=O)=C(C)N3)cc1. The Kier molecular flexibility index (Phi) is 6.13. The van der Waals surface area contributed by atoms with Gasteiger partial charge in [0, 0.05) is 35.6 Å². The minimum atomic E-state index is -0.647. The van der Waals surface area contributed by atoms with Crippen LogP contribution in [0.2, 0.25) is 10.0 Å². The van der Waals surface area contributed by atoms with Gasteiger partial charge in [0.1, 0.15) is 6.04 Å². The van der Waals surface area contributed by atoms with E-state index in [-0.39, 0.29) is 0 Å². The molecule has 0 radical (unpaired) electrons. The van der Waals surface area contributed by atoms with E-state index >= 15 is 0 Å². The third-order valence-corrected chi connectivity index (χ3v) is 6.48. The topological polar surface area (TPSA) is 89.1 Å². The number of aromatic nitrogens is 3. The number of primary amides is 1. The lowest BCUT2D eigenvalue weighted by Gasteiger charge is -2.28. The van der Waals surface area contributed by atoms with Gasteiger partial charge in [0.2, 0.25) is 11.9 Å². The highest BCUT2D eigenvalue weighted by Gasteiger charge is 2.35. The summed E-state index contributed by atoms with van der Waals surface area (Å²) in [4.78, 5) is 19.3. The molecule has 7 nitrogen and oxygen atoms in total. The number of benzene rings is 2. The summed E-state index contributed by atoms with van der Waals surface area (Å²) in [5.74, 6) is 0.457. The van der Waals surface area contributed by atoms with Crippen molar-refractivity contribution in [1.82, 2.24) is 14.8 Å². The number of hydrogen-bond acceptors (Lipinski definition) is 5. The van der Waals surface area contributed by atoms with Crippen molar-refractivity contribution in [2.75, 3.05) is 23.3 Å². The molecule has 0 saturated carbocycles. The Balaban J connectivity index is 1.81. The zero-order valence-corrected chi connectivity index (χ0v) is 19.6. The first kappa shape index (κ1) is 22.2. The van der Waals surface area contributed by atoms with Gasteiger partial charge in [-0.2, -0.15) is 4.98 Å². The Labute approximate surface area is 196 Å². The van der Waals surface area contributed by atoms with E-state index < -0.39 is 11.9 Å². The normalized spacial score (nSPS) is 15.3. The third-order valence-electron chi connectivity index (χ3n) is 5.65. The number of carbonyl (C=O) groups is 1. The van der Waals surface area contributed by atoms with Crippen LogP contribution in [0, 0.1) is 0 Å². The molecule has 0 spiro atoms. The number of allylic oxidation sites excluding steroid dienone is 1. The maximum atomic E-state index is 12.4. The number of nitrogens with two attached hydrogens (primary N) is 1. The van der Waals surface area contributed by atoms with Crippen molar-refractivity contribution in [3.05, 3.63) is 69.3 Å². The first-order chi connectivity index (χ1) is 15.3. The fourth-order valence-corrected chi connectivity index (χ4v) is 4.43. The Morgan fingerprint density at radius 1 is 1.16 bits per heavy atom. The molecule has 1 unspecified atom stereocenters. The number of nitrogens with one attached hydrogen (secondary N) is 1. The number of nitrogens with zero attached hydrogens (tertiary/aromatic N) is 4. The van der Waals surface area contributed by atoms with E-state index in [0.29, 0.717) is 38.7 Å². The summed E-state index contributed by atoms with van der Waals surface area (Å²) in [6.45, 7) is 7.89. The van der Waals surface area contributed by atoms with Gasteiger partial charge >= 0.3 is 0 Å². The van der Waals surface area contributed by atoms with Gasteiger partial charge in [0.25, 0.3) is 0 Å². The van der Waals surface area contributed by atoms with Gasteiger partial charge in [-0.05, 0) is 51.1 Å². The summed E-state index contributed by atoms with van der Waals surface area (Å²) >= 11 is 12.8. The van der Waals surface area contributed by atoms with Crippen molar-refractivity contribution >= 4 is 40.7 Å². The molecule has 0 aliphatic carbocycles. The Hall–Kier alpha value is -3.03. The lowest BCUT2D eigenvalue weighted by atomic mass is 9.95. The molecule has 166 valence electrons. The van der Waals surface area contributed by atoms with Gasteiger partial charge in [-0.15, -0.1) is 5.10 Å². The van der Waals surface area contributed by atoms with Crippen molar-refractivity contribution in [1.29, 1.82) is 0 Å². The van der Waals surface area contributed by atoms with Gasteiger partial charge in [-0.1, -0.05) is 35.3 Å². The van der Waals surface area contributed by atoms with Crippen molar-refractivity contribution in [2.45, 2.75) is 26.8 Å². The smallest absolute Gasteiger partial charge is 0.248 e. The summed E-state index contributed by atoms with van der Waals surface area (Å²) in [5.41, 5.74) is 9.32. The van der Waals surface area contributed by atoms with E-state index in [2.05, 4.69) is 41.2 Å². The minimum absolute atomic E-state index is 0.346.